The molecule has 0 aromatic carbocycles. The first-order chi connectivity index (χ1) is 8.67. The smallest absolute Gasteiger partial charge is 0.176 e. The highest BCUT2D eigenvalue weighted by Gasteiger charge is 2.14. The first-order valence-corrected chi connectivity index (χ1v) is 6.92. The number of nitrogens with zero attached hydrogens (tertiary/aromatic N) is 5. The topological polar surface area (TPSA) is 68.5 Å². The van der Waals surface area contributed by atoms with Gasteiger partial charge in [-0.25, -0.2) is 4.98 Å². The third-order valence-electron chi connectivity index (χ3n) is 2.59. The summed E-state index contributed by atoms with van der Waals surface area (Å²) in [6, 6.07) is 0.306. The molecule has 1 unspecified atom stereocenters. The zero-order chi connectivity index (χ0) is 13.0. The fourth-order valence-corrected chi connectivity index (χ4v) is 2.51. The van der Waals surface area contributed by atoms with Gasteiger partial charge in [0.1, 0.15) is 0 Å². The van der Waals surface area contributed by atoms with Crippen LogP contribution in [0.3, 0.4) is 0 Å². The van der Waals surface area contributed by atoms with E-state index in [9.17, 15) is 0 Å². The van der Waals surface area contributed by atoms with Gasteiger partial charge in [0, 0.05) is 24.3 Å². The van der Waals surface area contributed by atoms with E-state index in [0.717, 1.165) is 35.9 Å². The molecule has 7 heteroatoms. The second-order valence-corrected chi connectivity index (χ2v) is 5.28. The van der Waals surface area contributed by atoms with Crippen LogP contribution in [0.4, 0.5) is 0 Å². The molecule has 0 bridgehead atoms. The Hall–Kier alpha value is -1.34. The summed E-state index contributed by atoms with van der Waals surface area (Å²) in [6.45, 7) is 5.05. The minimum atomic E-state index is 0.306. The maximum atomic E-state index is 4.50. The highest BCUT2D eigenvalue weighted by Crippen LogP contribution is 2.11. The van der Waals surface area contributed by atoms with Crippen molar-refractivity contribution in [2.45, 2.75) is 32.7 Å². The Balaban J connectivity index is 1.99. The summed E-state index contributed by atoms with van der Waals surface area (Å²) >= 11 is 1.69. The lowest BCUT2D eigenvalue weighted by molar-refractivity contribution is 0.505. The normalized spacial score (nSPS) is 12.8. The number of aryl methyl sites for hydroxylation is 2. The second kappa shape index (κ2) is 6.01. The molecule has 98 valence electrons. The van der Waals surface area contributed by atoms with Crippen LogP contribution in [0.2, 0.25) is 0 Å². The average Bonchev–Trinajstić information content (AvgIpc) is 2.89. The number of hydrogen-bond donors (Lipinski definition) is 1. The molecular formula is C11H18N6S. The van der Waals surface area contributed by atoms with Gasteiger partial charge < -0.3 is 5.32 Å². The van der Waals surface area contributed by atoms with E-state index in [1.807, 2.05) is 6.92 Å². The summed E-state index contributed by atoms with van der Waals surface area (Å²) in [5, 5.41) is 18.8. The number of aromatic nitrogens is 5. The molecule has 18 heavy (non-hydrogen) atoms. The van der Waals surface area contributed by atoms with E-state index in [4.69, 9.17) is 0 Å². The highest BCUT2D eigenvalue weighted by atomic mass is 32.1. The average molecular weight is 266 g/mol. The molecule has 0 aliphatic carbocycles. The van der Waals surface area contributed by atoms with Gasteiger partial charge in [-0.15, -0.1) is 21.5 Å². The Morgan fingerprint density at radius 2 is 2.28 bits per heavy atom. The van der Waals surface area contributed by atoms with Crippen LogP contribution < -0.4 is 5.32 Å². The third kappa shape index (κ3) is 3.58. The number of nitrogens with one attached hydrogen (secondary N) is 1. The van der Waals surface area contributed by atoms with Gasteiger partial charge in [-0.05, 0) is 18.7 Å². The van der Waals surface area contributed by atoms with Crippen LogP contribution in [0, 0.1) is 6.92 Å². The molecule has 2 rings (SSSR count). The number of likely N-dealkylation sites (N-methyl/N-ethyl adjacent to an activating group) is 1. The zero-order valence-electron chi connectivity index (χ0n) is 10.9. The van der Waals surface area contributed by atoms with Crippen molar-refractivity contribution in [2.24, 2.45) is 7.05 Å². The number of hydrogen-bond acceptors (Lipinski definition) is 6. The lowest BCUT2D eigenvalue weighted by Crippen LogP contribution is -2.33. The Bertz CT molecular complexity index is 449. The minimum absolute atomic E-state index is 0.306. The summed E-state index contributed by atoms with van der Waals surface area (Å²) in [4.78, 5) is 5.99. The maximum Gasteiger partial charge on any atom is 0.176 e. The molecule has 2 aromatic heterocycles. The van der Waals surface area contributed by atoms with Crippen molar-refractivity contribution < 1.29 is 0 Å². The number of rotatable bonds is 6. The van der Waals surface area contributed by atoms with Crippen molar-refractivity contribution in [2.75, 3.05) is 6.54 Å². The van der Waals surface area contributed by atoms with Crippen LogP contribution in [0.25, 0.3) is 0 Å². The molecule has 0 saturated heterocycles. The predicted molar refractivity (Wildman–Crippen MR) is 70.5 cm³/mol. The lowest BCUT2D eigenvalue weighted by Gasteiger charge is -2.14. The Morgan fingerprint density at radius 1 is 1.44 bits per heavy atom. The molecule has 2 aromatic rings. The standard InChI is InChI=1S/C11H18N6S/c1-4-12-9(5-10-7-18-8(2)13-10)6-11-14-16-17(3)15-11/h7,9,12H,4-6H2,1-3H3. The fourth-order valence-electron chi connectivity index (χ4n) is 1.89. The zero-order valence-corrected chi connectivity index (χ0v) is 11.7. The summed E-state index contributed by atoms with van der Waals surface area (Å²) in [5.74, 6) is 0.774. The van der Waals surface area contributed by atoms with Gasteiger partial charge in [-0.3, -0.25) is 0 Å². The van der Waals surface area contributed by atoms with E-state index < -0.39 is 0 Å². The molecule has 0 spiro atoms. The van der Waals surface area contributed by atoms with Crippen molar-refractivity contribution in [3.8, 4) is 0 Å². The van der Waals surface area contributed by atoms with Crippen LogP contribution in [0.15, 0.2) is 5.38 Å². The van der Waals surface area contributed by atoms with Crippen molar-refractivity contribution in [3.63, 3.8) is 0 Å². The molecule has 0 fully saturated rings. The highest BCUT2D eigenvalue weighted by molar-refractivity contribution is 7.09. The number of thiazole rings is 1. The number of tetrazole rings is 1. The van der Waals surface area contributed by atoms with Crippen LogP contribution >= 0.6 is 11.3 Å². The van der Waals surface area contributed by atoms with Gasteiger partial charge in [0.15, 0.2) is 5.82 Å². The van der Waals surface area contributed by atoms with E-state index in [1.54, 1.807) is 18.4 Å². The molecule has 1 N–H and O–H groups in total. The van der Waals surface area contributed by atoms with Gasteiger partial charge in [-0.2, -0.15) is 4.80 Å². The lowest BCUT2D eigenvalue weighted by atomic mass is 10.1. The van der Waals surface area contributed by atoms with E-state index in [-0.39, 0.29) is 0 Å². The summed E-state index contributed by atoms with van der Waals surface area (Å²) in [7, 11) is 1.78. The maximum absolute atomic E-state index is 4.50. The largest absolute Gasteiger partial charge is 0.313 e. The van der Waals surface area contributed by atoms with Gasteiger partial charge in [0.2, 0.25) is 0 Å². The Morgan fingerprint density at radius 3 is 2.83 bits per heavy atom. The molecule has 0 saturated carbocycles. The molecule has 0 radical (unpaired) electrons. The summed E-state index contributed by atoms with van der Waals surface area (Å²) in [5.41, 5.74) is 1.13. The van der Waals surface area contributed by atoms with Crippen molar-refractivity contribution in [1.82, 2.24) is 30.5 Å². The summed E-state index contributed by atoms with van der Waals surface area (Å²) < 4.78 is 0. The Kier molecular flexibility index (Phi) is 4.38. The van der Waals surface area contributed by atoms with Crippen LogP contribution in [-0.4, -0.2) is 37.8 Å². The van der Waals surface area contributed by atoms with E-state index in [2.05, 4.69) is 38.0 Å². The molecule has 0 amide bonds. The molecular weight excluding hydrogens is 248 g/mol. The first kappa shape index (κ1) is 13.1. The van der Waals surface area contributed by atoms with Crippen molar-refractivity contribution in [1.29, 1.82) is 0 Å². The SMILES string of the molecule is CCNC(Cc1csc(C)n1)Cc1nnn(C)n1. The first-order valence-electron chi connectivity index (χ1n) is 6.04. The predicted octanol–water partition coefficient (Wildman–Crippen LogP) is 0.738. The molecule has 0 aliphatic rings. The quantitative estimate of drug-likeness (QED) is 0.835. The van der Waals surface area contributed by atoms with Gasteiger partial charge in [0.05, 0.1) is 17.7 Å². The van der Waals surface area contributed by atoms with Crippen LogP contribution in [0.1, 0.15) is 23.4 Å². The molecule has 6 nitrogen and oxygen atoms in total. The van der Waals surface area contributed by atoms with E-state index in [0.29, 0.717) is 6.04 Å². The molecule has 0 aliphatic heterocycles. The molecule has 2 heterocycles. The van der Waals surface area contributed by atoms with Gasteiger partial charge in [0.25, 0.3) is 0 Å². The minimum Gasteiger partial charge on any atom is -0.313 e. The van der Waals surface area contributed by atoms with Gasteiger partial charge in [-0.1, -0.05) is 6.92 Å². The van der Waals surface area contributed by atoms with Gasteiger partial charge >= 0.3 is 0 Å². The van der Waals surface area contributed by atoms with Crippen LogP contribution in [-0.2, 0) is 19.9 Å². The fraction of sp³-hybridized carbons (Fsp3) is 0.636. The van der Waals surface area contributed by atoms with Crippen molar-refractivity contribution >= 4 is 11.3 Å². The van der Waals surface area contributed by atoms with Crippen LogP contribution in [0.5, 0.6) is 0 Å². The third-order valence-corrected chi connectivity index (χ3v) is 3.42. The van der Waals surface area contributed by atoms with E-state index >= 15 is 0 Å². The Labute approximate surface area is 110 Å². The monoisotopic (exact) mass is 266 g/mol. The molecule has 1 atom stereocenters. The van der Waals surface area contributed by atoms with E-state index in [1.165, 1.54) is 4.80 Å². The van der Waals surface area contributed by atoms with Crippen molar-refractivity contribution in [3.05, 3.63) is 21.9 Å². The summed E-state index contributed by atoms with van der Waals surface area (Å²) in [6.07, 6.45) is 1.68. The second-order valence-electron chi connectivity index (χ2n) is 4.22.